The fraction of sp³-hybridized carbons (Fsp3) is 0.909. The Morgan fingerprint density at radius 2 is 1.71 bits per heavy atom. The van der Waals surface area contributed by atoms with Gasteiger partial charge in [-0.25, -0.2) is 0 Å². The van der Waals surface area contributed by atoms with Crippen LogP contribution in [0.2, 0.25) is 0 Å². The molecular formula is C11H24N2O. The molecule has 0 saturated heterocycles. The van der Waals surface area contributed by atoms with Gasteiger partial charge in [-0.2, -0.15) is 0 Å². The number of nitrogens with one attached hydrogen (secondary N) is 2. The van der Waals surface area contributed by atoms with E-state index in [9.17, 15) is 4.79 Å². The summed E-state index contributed by atoms with van der Waals surface area (Å²) in [6.45, 7) is 10.8. The summed E-state index contributed by atoms with van der Waals surface area (Å²) in [7, 11) is 1.92. The van der Waals surface area contributed by atoms with Crippen molar-refractivity contribution in [1.29, 1.82) is 0 Å². The van der Waals surface area contributed by atoms with Gasteiger partial charge in [0.1, 0.15) is 0 Å². The third kappa shape index (κ3) is 4.09. The average molecular weight is 200 g/mol. The van der Waals surface area contributed by atoms with Crippen molar-refractivity contribution >= 4 is 5.91 Å². The van der Waals surface area contributed by atoms with Gasteiger partial charge >= 0.3 is 0 Å². The minimum absolute atomic E-state index is 0.00538. The van der Waals surface area contributed by atoms with E-state index in [0.717, 1.165) is 6.42 Å². The monoisotopic (exact) mass is 200 g/mol. The van der Waals surface area contributed by atoms with E-state index < -0.39 is 0 Å². The molecule has 0 aliphatic carbocycles. The number of carbonyl (C=O) groups excluding carboxylic acids is 1. The van der Waals surface area contributed by atoms with Gasteiger partial charge in [-0.05, 0) is 34.2 Å². The maximum atomic E-state index is 11.7. The van der Waals surface area contributed by atoms with Gasteiger partial charge in [-0.3, -0.25) is 4.79 Å². The molecule has 14 heavy (non-hydrogen) atoms. The highest BCUT2D eigenvalue weighted by Crippen LogP contribution is 2.27. The number of hydrogen-bond donors (Lipinski definition) is 2. The summed E-state index contributed by atoms with van der Waals surface area (Å²) in [5.41, 5.74) is -0.322. The zero-order valence-electron chi connectivity index (χ0n) is 10.3. The second-order valence-electron chi connectivity index (χ2n) is 5.05. The summed E-state index contributed by atoms with van der Waals surface area (Å²) in [5, 5.41) is 6.08. The lowest BCUT2D eigenvalue weighted by Gasteiger charge is -2.33. The van der Waals surface area contributed by atoms with Crippen LogP contribution in [-0.4, -0.2) is 25.0 Å². The second-order valence-corrected chi connectivity index (χ2v) is 5.05. The number of hydrogen-bond acceptors (Lipinski definition) is 2. The van der Waals surface area contributed by atoms with E-state index in [1.165, 1.54) is 0 Å². The first-order chi connectivity index (χ1) is 6.25. The van der Waals surface area contributed by atoms with Crippen LogP contribution < -0.4 is 10.6 Å². The molecule has 0 radical (unpaired) electrons. The van der Waals surface area contributed by atoms with Crippen molar-refractivity contribution in [3.05, 3.63) is 0 Å². The highest BCUT2D eigenvalue weighted by molar-refractivity contribution is 5.81. The number of carbonyl (C=O) groups is 1. The van der Waals surface area contributed by atoms with E-state index in [0.29, 0.717) is 6.54 Å². The third-order valence-corrected chi connectivity index (χ3v) is 2.51. The van der Waals surface area contributed by atoms with Gasteiger partial charge in [-0.15, -0.1) is 0 Å². The molecular weight excluding hydrogens is 176 g/mol. The molecule has 0 rings (SSSR count). The van der Waals surface area contributed by atoms with Crippen LogP contribution in [0.3, 0.4) is 0 Å². The van der Waals surface area contributed by atoms with E-state index >= 15 is 0 Å². The molecule has 84 valence electrons. The topological polar surface area (TPSA) is 41.1 Å². The molecule has 0 aromatic carbocycles. The predicted octanol–water partition coefficient (Wildman–Crippen LogP) is 1.54. The van der Waals surface area contributed by atoms with Gasteiger partial charge in [0.15, 0.2) is 0 Å². The van der Waals surface area contributed by atoms with Gasteiger partial charge in [-0.1, -0.05) is 13.8 Å². The molecule has 0 heterocycles. The highest BCUT2D eigenvalue weighted by atomic mass is 16.2. The van der Waals surface area contributed by atoms with Crippen LogP contribution in [0.4, 0.5) is 0 Å². The van der Waals surface area contributed by atoms with E-state index in [4.69, 9.17) is 0 Å². The van der Waals surface area contributed by atoms with Gasteiger partial charge in [0.25, 0.3) is 0 Å². The molecule has 0 atom stereocenters. The lowest BCUT2D eigenvalue weighted by Crippen LogP contribution is -2.46. The first-order valence-electron chi connectivity index (χ1n) is 5.22. The van der Waals surface area contributed by atoms with Gasteiger partial charge < -0.3 is 10.6 Å². The molecule has 1 amide bonds. The minimum atomic E-state index is -0.317. The lowest BCUT2D eigenvalue weighted by molar-refractivity contribution is -0.130. The molecule has 0 aromatic rings. The van der Waals surface area contributed by atoms with Crippen LogP contribution in [0.5, 0.6) is 0 Å². The van der Waals surface area contributed by atoms with Crippen LogP contribution in [-0.2, 0) is 4.79 Å². The van der Waals surface area contributed by atoms with Crippen LogP contribution in [0, 0.1) is 5.41 Å². The highest BCUT2D eigenvalue weighted by Gasteiger charge is 2.33. The van der Waals surface area contributed by atoms with Crippen molar-refractivity contribution in [2.75, 3.05) is 13.6 Å². The van der Waals surface area contributed by atoms with Crippen LogP contribution >= 0.6 is 0 Å². The molecule has 0 aliphatic rings. The zero-order chi connectivity index (χ0) is 11.4. The van der Waals surface area contributed by atoms with E-state index in [2.05, 4.69) is 24.5 Å². The van der Waals surface area contributed by atoms with Crippen molar-refractivity contribution < 1.29 is 4.79 Å². The largest absolute Gasteiger partial charge is 0.356 e. The normalized spacial score (nSPS) is 12.7. The molecule has 0 aromatic heterocycles. The van der Waals surface area contributed by atoms with Gasteiger partial charge in [0, 0.05) is 17.5 Å². The lowest BCUT2D eigenvalue weighted by atomic mass is 9.79. The quantitative estimate of drug-likeness (QED) is 0.707. The van der Waals surface area contributed by atoms with Gasteiger partial charge in [0.2, 0.25) is 5.91 Å². The van der Waals surface area contributed by atoms with E-state index in [1.807, 2.05) is 27.8 Å². The molecule has 0 spiro atoms. The molecule has 0 fully saturated rings. The SMILES string of the molecule is CCNC(=O)C(C)(C)CC(C)(C)NC. The predicted molar refractivity (Wildman–Crippen MR) is 60.2 cm³/mol. The van der Waals surface area contributed by atoms with E-state index in [1.54, 1.807) is 0 Å². The van der Waals surface area contributed by atoms with Crippen molar-refractivity contribution in [3.63, 3.8) is 0 Å². The standard InChI is InChI=1S/C11H24N2O/c1-7-13-9(14)10(2,3)8-11(4,5)12-6/h12H,7-8H2,1-6H3,(H,13,14). The fourth-order valence-electron chi connectivity index (χ4n) is 1.67. The Balaban J connectivity index is 4.40. The molecule has 0 unspecified atom stereocenters. The maximum absolute atomic E-state index is 11.7. The summed E-state index contributed by atoms with van der Waals surface area (Å²) in [6.07, 6.45) is 0.822. The first kappa shape index (κ1) is 13.4. The number of rotatable bonds is 5. The molecule has 0 saturated carbocycles. The second kappa shape index (κ2) is 4.78. The zero-order valence-corrected chi connectivity index (χ0v) is 10.3. The van der Waals surface area contributed by atoms with Crippen molar-refractivity contribution in [2.45, 2.75) is 46.6 Å². The van der Waals surface area contributed by atoms with E-state index in [-0.39, 0.29) is 16.9 Å². The van der Waals surface area contributed by atoms with Crippen molar-refractivity contribution in [1.82, 2.24) is 10.6 Å². The number of amides is 1. The van der Waals surface area contributed by atoms with Crippen molar-refractivity contribution in [2.24, 2.45) is 5.41 Å². The van der Waals surface area contributed by atoms with Crippen LogP contribution in [0.25, 0.3) is 0 Å². The smallest absolute Gasteiger partial charge is 0.225 e. The van der Waals surface area contributed by atoms with Crippen LogP contribution in [0.1, 0.15) is 41.0 Å². The van der Waals surface area contributed by atoms with Crippen molar-refractivity contribution in [3.8, 4) is 0 Å². The molecule has 3 heteroatoms. The first-order valence-corrected chi connectivity index (χ1v) is 5.22. The molecule has 0 bridgehead atoms. The average Bonchev–Trinajstić information content (AvgIpc) is 2.03. The summed E-state index contributed by atoms with van der Waals surface area (Å²) < 4.78 is 0. The van der Waals surface area contributed by atoms with Gasteiger partial charge in [0.05, 0.1) is 0 Å². The Morgan fingerprint density at radius 1 is 1.21 bits per heavy atom. The summed E-state index contributed by atoms with van der Waals surface area (Å²) in [6, 6.07) is 0. The summed E-state index contributed by atoms with van der Waals surface area (Å²) in [4.78, 5) is 11.7. The molecule has 3 nitrogen and oxygen atoms in total. The summed E-state index contributed by atoms with van der Waals surface area (Å²) >= 11 is 0. The third-order valence-electron chi connectivity index (χ3n) is 2.51. The Morgan fingerprint density at radius 3 is 2.07 bits per heavy atom. The molecule has 0 aliphatic heterocycles. The molecule has 2 N–H and O–H groups in total. The Hall–Kier alpha value is -0.570. The fourth-order valence-corrected chi connectivity index (χ4v) is 1.67. The summed E-state index contributed by atoms with van der Waals surface area (Å²) in [5.74, 6) is 0.128. The Bertz CT molecular complexity index is 197. The Labute approximate surface area is 87.6 Å². The maximum Gasteiger partial charge on any atom is 0.225 e. The Kier molecular flexibility index (Phi) is 4.59. The van der Waals surface area contributed by atoms with Crippen LogP contribution in [0.15, 0.2) is 0 Å². The minimum Gasteiger partial charge on any atom is -0.356 e.